The van der Waals surface area contributed by atoms with Crippen molar-refractivity contribution >= 4 is 13.7 Å². The molecule has 0 saturated heterocycles. The Morgan fingerprint density at radius 1 is 0.565 bits per heavy atom. The van der Waals surface area contributed by atoms with Crippen molar-refractivity contribution < 1.29 is 32.9 Å². The van der Waals surface area contributed by atoms with Gasteiger partial charge in [-0.2, -0.15) is 0 Å². The van der Waals surface area contributed by atoms with Gasteiger partial charge in [0.05, 0.1) is 39.9 Å². The number of phosphoric acid groups is 1. The fourth-order valence-corrected chi connectivity index (χ4v) is 7.95. The molecule has 0 aromatic rings. The van der Waals surface area contributed by atoms with Crippen molar-refractivity contribution in [2.24, 2.45) is 0 Å². The van der Waals surface area contributed by atoms with Gasteiger partial charge in [-0.3, -0.25) is 13.8 Å². The lowest BCUT2D eigenvalue weighted by Crippen LogP contribution is -2.45. The monoisotopic (exact) mass is 892 g/mol. The van der Waals surface area contributed by atoms with Gasteiger partial charge in [0.25, 0.3) is 0 Å². The summed E-state index contributed by atoms with van der Waals surface area (Å²) in [5.41, 5.74) is 0. The van der Waals surface area contributed by atoms with Crippen molar-refractivity contribution in [2.75, 3.05) is 40.9 Å². The maximum atomic E-state index is 12.9. The SMILES string of the molecule is CC/C=C\C/C=C\C/C=C\C/C=C\CCCCCCCCCCCCCCCCCCCCC(=O)NC(COP(=O)(O)OCC[N+](C)(C)C)C(O)/C=C/CCCCCCCCC. The lowest BCUT2D eigenvalue weighted by Gasteiger charge is -2.25. The molecule has 0 bridgehead atoms. The molecule has 8 nitrogen and oxygen atoms in total. The third-order valence-electron chi connectivity index (χ3n) is 11.2. The van der Waals surface area contributed by atoms with Crippen molar-refractivity contribution in [3.05, 3.63) is 60.8 Å². The molecular weight excluding hydrogens is 792 g/mol. The molecule has 0 spiro atoms. The second kappa shape index (κ2) is 44.4. The highest BCUT2D eigenvalue weighted by Crippen LogP contribution is 2.43. The zero-order valence-corrected chi connectivity index (χ0v) is 42.0. The molecule has 1 amide bonds. The first kappa shape index (κ1) is 60.2. The van der Waals surface area contributed by atoms with E-state index in [0.717, 1.165) is 64.2 Å². The van der Waals surface area contributed by atoms with E-state index in [1.54, 1.807) is 6.08 Å². The molecule has 0 fully saturated rings. The number of carbonyl (C=O) groups excluding carboxylic acids is 1. The first-order chi connectivity index (χ1) is 30.0. The number of hydrogen-bond donors (Lipinski definition) is 3. The normalized spacial score (nSPS) is 14.6. The van der Waals surface area contributed by atoms with Gasteiger partial charge in [-0.1, -0.05) is 216 Å². The van der Waals surface area contributed by atoms with Crippen LogP contribution in [0.5, 0.6) is 0 Å². The molecule has 0 aromatic carbocycles. The molecule has 362 valence electrons. The fourth-order valence-electron chi connectivity index (χ4n) is 7.21. The van der Waals surface area contributed by atoms with Crippen LogP contribution in [0, 0.1) is 0 Å². The van der Waals surface area contributed by atoms with Crippen LogP contribution in [0.2, 0.25) is 0 Å². The lowest BCUT2D eigenvalue weighted by atomic mass is 10.0. The van der Waals surface area contributed by atoms with E-state index in [0.29, 0.717) is 17.4 Å². The lowest BCUT2D eigenvalue weighted by molar-refractivity contribution is -0.870. The standard InChI is InChI=1S/C53H99N2O6P/c1-6-8-10-12-14-16-17-18-19-20-21-22-23-24-25-26-27-28-29-30-31-32-33-34-35-36-37-39-41-43-45-47-53(57)54-51(50-61-62(58,59)60-49-48-55(3,4)5)52(56)46-44-42-40-38-15-13-11-9-7-2/h8,10,14,16,18-19,21-22,44,46,51-52,56H,6-7,9,11-13,15,17,20,23-43,45,47-50H2,1-5H3,(H-,54,57,58,59)/p+1/b10-8-,16-14-,19-18-,22-21-,46-44+. The quantitative estimate of drug-likeness (QED) is 0.0243. The number of likely N-dealkylation sites (N-methyl/N-ethyl adjacent to an activating group) is 1. The van der Waals surface area contributed by atoms with Crippen molar-refractivity contribution in [3.8, 4) is 0 Å². The molecule has 3 unspecified atom stereocenters. The number of nitrogens with zero attached hydrogens (tertiary/aromatic N) is 1. The number of rotatable bonds is 46. The van der Waals surface area contributed by atoms with Crippen molar-refractivity contribution in [1.82, 2.24) is 5.32 Å². The third kappa shape index (κ3) is 46.2. The molecule has 3 atom stereocenters. The summed E-state index contributed by atoms with van der Waals surface area (Å²) in [7, 11) is 1.57. The summed E-state index contributed by atoms with van der Waals surface area (Å²) in [6.07, 6.45) is 59.0. The van der Waals surface area contributed by atoms with E-state index in [1.807, 2.05) is 27.2 Å². The van der Waals surface area contributed by atoms with E-state index >= 15 is 0 Å². The van der Waals surface area contributed by atoms with Gasteiger partial charge in [0.1, 0.15) is 13.2 Å². The Kier molecular flexibility index (Phi) is 43.1. The maximum absolute atomic E-state index is 12.9. The molecule has 0 aliphatic heterocycles. The molecule has 0 radical (unpaired) electrons. The van der Waals surface area contributed by atoms with E-state index in [4.69, 9.17) is 9.05 Å². The van der Waals surface area contributed by atoms with Gasteiger partial charge in [-0.25, -0.2) is 4.57 Å². The smallest absolute Gasteiger partial charge is 0.387 e. The van der Waals surface area contributed by atoms with Crippen LogP contribution in [0.1, 0.15) is 219 Å². The summed E-state index contributed by atoms with van der Waals surface area (Å²) in [6, 6.07) is -0.844. The number of phosphoric ester groups is 1. The summed E-state index contributed by atoms with van der Waals surface area (Å²) < 4.78 is 23.5. The largest absolute Gasteiger partial charge is 0.472 e. The minimum absolute atomic E-state index is 0.0608. The zero-order chi connectivity index (χ0) is 45.7. The van der Waals surface area contributed by atoms with E-state index in [2.05, 4.69) is 67.8 Å². The van der Waals surface area contributed by atoms with E-state index < -0.39 is 20.0 Å². The number of carbonyl (C=O) groups is 1. The number of nitrogens with one attached hydrogen (secondary N) is 1. The van der Waals surface area contributed by atoms with Gasteiger partial charge in [0, 0.05) is 6.42 Å². The second-order valence-corrected chi connectivity index (χ2v) is 20.0. The van der Waals surface area contributed by atoms with Gasteiger partial charge in [0.2, 0.25) is 5.91 Å². The molecule has 0 rings (SSSR count). The van der Waals surface area contributed by atoms with Crippen LogP contribution >= 0.6 is 7.82 Å². The summed E-state index contributed by atoms with van der Waals surface area (Å²) in [5, 5.41) is 13.8. The van der Waals surface area contributed by atoms with Crippen LogP contribution in [0.4, 0.5) is 0 Å². The van der Waals surface area contributed by atoms with Crippen molar-refractivity contribution in [2.45, 2.75) is 231 Å². The Bertz CT molecular complexity index is 1190. The summed E-state index contributed by atoms with van der Waals surface area (Å²) in [4.78, 5) is 23.1. The van der Waals surface area contributed by atoms with Crippen LogP contribution in [0.3, 0.4) is 0 Å². The Morgan fingerprint density at radius 2 is 0.968 bits per heavy atom. The highest BCUT2D eigenvalue weighted by Gasteiger charge is 2.27. The molecule has 62 heavy (non-hydrogen) atoms. The zero-order valence-electron chi connectivity index (χ0n) is 41.1. The predicted molar refractivity (Wildman–Crippen MR) is 267 cm³/mol. The summed E-state index contributed by atoms with van der Waals surface area (Å²) >= 11 is 0. The van der Waals surface area contributed by atoms with E-state index in [9.17, 15) is 19.4 Å². The first-order valence-corrected chi connectivity index (χ1v) is 27.2. The van der Waals surface area contributed by atoms with Gasteiger partial charge < -0.3 is 19.8 Å². The third-order valence-corrected chi connectivity index (χ3v) is 12.2. The molecule has 3 N–H and O–H groups in total. The average Bonchev–Trinajstić information content (AvgIpc) is 3.23. The maximum Gasteiger partial charge on any atom is 0.472 e. The van der Waals surface area contributed by atoms with E-state index in [-0.39, 0.29) is 19.1 Å². The first-order valence-electron chi connectivity index (χ1n) is 25.7. The topological polar surface area (TPSA) is 105 Å². The Hall–Kier alpha value is -1.80. The molecule has 0 saturated carbocycles. The Morgan fingerprint density at radius 3 is 1.42 bits per heavy atom. The number of unbranched alkanes of at least 4 members (excludes halogenated alkanes) is 25. The molecule has 9 heteroatoms. The number of allylic oxidation sites excluding steroid dienone is 9. The number of amides is 1. The second-order valence-electron chi connectivity index (χ2n) is 18.5. The highest BCUT2D eigenvalue weighted by molar-refractivity contribution is 7.47. The van der Waals surface area contributed by atoms with Gasteiger partial charge in [0.15, 0.2) is 0 Å². The number of aliphatic hydroxyl groups is 1. The van der Waals surface area contributed by atoms with Crippen LogP contribution in [-0.4, -0.2) is 73.4 Å². The Balaban J connectivity index is 3.99. The van der Waals surface area contributed by atoms with E-state index in [1.165, 1.54) is 135 Å². The molecule has 0 heterocycles. The number of hydrogen-bond acceptors (Lipinski definition) is 5. The molecule has 0 aliphatic rings. The van der Waals surface area contributed by atoms with Crippen LogP contribution in [0.15, 0.2) is 60.8 Å². The van der Waals surface area contributed by atoms with Crippen molar-refractivity contribution in [1.29, 1.82) is 0 Å². The van der Waals surface area contributed by atoms with Crippen LogP contribution in [0.25, 0.3) is 0 Å². The molecular formula is C53H100N2O6P+. The number of aliphatic hydroxyl groups excluding tert-OH is 1. The summed E-state index contributed by atoms with van der Waals surface area (Å²) in [5.74, 6) is -0.180. The van der Waals surface area contributed by atoms with Crippen LogP contribution < -0.4 is 5.32 Å². The fraction of sp³-hybridized carbons (Fsp3) is 0.792. The minimum Gasteiger partial charge on any atom is -0.387 e. The van der Waals surface area contributed by atoms with Gasteiger partial charge in [-0.15, -0.1) is 0 Å². The Labute approximate surface area is 383 Å². The highest BCUT2D eigenvalue weighted by atomic mass is 31.2. The number of quaternary nitrogens is 1. The molecule has 0 aliphatic carbocycles. The predicted octanol–water partition coefficient (Wildman–Crippen LogP) is 15.0. The van der Waals surface area contributed by atoms with Crippen LogP contribution in [-0.2, 0) is 18.4 Å². The van der Waals surface area contributed by atoms with Crippen molar-refractivity contribution in [3.63, 3.8) is 0 Å². The minimum atomic E-state index is -4.33. The summed E-state index contributed by atoms with van der Waals surface area (Å²) in [6.45, 7) is 4.67. The molecule has 0 aromatic heterocycles. The average molecular weight is 892 g/mol. The van der Waals surface area contributed by atoms with Gasteiger partial charge >= 0.3 is 7.82 Å². The van der Waals surface area contributed by atoms with Gasteiger partial charge in [-0.05, 0) is 57.8 Å².